The minimum Gasteiger partial charge on any atom is -0.493 e. The van der Waals surface area contributed by atoms with Crippen LogP contribution in [0.4, 0.5) is 4.39 Å². The van der Waals surface area contributed by atoms with Gasteiger partial charge in [-0.05, 0) is 42.9 Å². The van der Waals surface area contributed by atoms with E-state index in [-0.39, 0.29) is 5.82 Å². The molecule has 0 amide bonds. The van der Waals surface area contributed by atoms with Crippen molar-refractivity contribution in [3.63, 3.8) is 0 Å². The Morgan fingerprint density at radius 2 is 1.49 bits per heavy atom. The van der Waals surface area contributed by atoms with Crippen LogP contribution in [0.3, 0.4) is 0 Å². The fourth-order valence-corrected chi connectivity index (χ4v) is 5.23. The molecule has 3 nitrogen and oxygen atoms in total. The summed E-state index contributed by atoms with van der Waals surface area (Å²) in [6.07, 6.45) is 27.1. The van der Waals surface area contributed by atoms with E-state index in [1.54, 1.807) is 6.07 Å². The number of ether oxygens (including phenoxy) is 1. The van der Waals surface area contributed by atoms with Gasteiger partial charge in [0.1, 0.15) is 11.6 Å². The van der Waals surface area contributed by atoms with E-state index >= 15 is 0 Å². The zero-order chi connectivity index (χ0) is 24.6. The molecule has 0 bridgehead atoms. The smallest absolute Gasteiger partial charge is 0.162 e. The summed E-state index contributed by atoms with van der Waals surface area (Å²) < 4.78 is 20.5. The van der Waals surface area contributed by atoms with E-state index < -0.39 is 0 Å². The third-order valence-electron chi connectivity index (χ3n) is 7.46. The standard InChI is InChI=1S/C31H47FN2O/c1-2-3-4-5-6-8-12-19-27-24-33-31(34-25-27)29-21-20-28(23-30(29)32)35-22-15-10-7-9-11-16-26-17-13-14-18-26/h20-21,23-26H,2-19,22H2,1H3. The minimum absolute atomic E-state index is 0.325. The number of nitrogens with zero attached hydrogens (tertiary/aromatic N) is 2. The number of rotatable bonds is 18. The van der Waals surface area contributed by atoms with Gasteiger partial charge in [-0.25, -0.2) is 14.4 Å². The molecule has 0 aliphatic heterocycles. The molecule has 1 aromatic heterocycles. The maximum Gasteiger partial charge on any atom is 0.162 e. The van der Waals surface area contributed by atoms with Gasteiger partial charge in [0.05, 0.1) is 12.2 Å². The highest BCUT2D eigenvalue weighted by Crippen LogP contribution is 2.29. The van der Waals surface area contributed by atoms with Crippen LogP contribution >= 0.6 is 0 Å². The Morgan fingerprint density at radius 1 is 0.829 bits per heavy atom. The van der Waals surface area contributed by atoms with Gasteiger partial charge in [-0.1, -0.05) is 103 Å². The van der Waals surface area contributed by atoms with Crippen molar-refractivity contribution in [2.45, 2.75) is 122 Å². The molecule has 0 atom stereocenters. The Balaban J connectivity index is 1.30. The normalized spacial score (nSPS) is 14.0. The van der Waals surface area contributed by atoms with Crippen molar-refractivity contribution < 1.29 is 9.13 Å². The molecule has 0 unspecified atom stereocenters. The van der Waals surface area contributed by atoms with Gasteiger partial charge in [-0.3, -0.25) is 0 Å². The summed E-state index contributed by atoms with van der Waals surface area (Å²) >= 11 is 0. The Labute approximate surface area is 213 Å². The molecule has 0 radical (unpaired) electrons. The molecular weight excluding hydrogens is 435 g/mol. The summed E-state index contributed by atoms with van der Waals surface area (Å²) in [5.74, 6) is 1.71. The van der Waals surface area contributed by atoms with E-state index in [1.165, 1.54) is 102 Å². The third-order valence-corrected chi connectivity index (χ3v) is 7.46. The second kappa shape index (κ2) is 16.7. The second-order valence-corrected chi connectivity index (χ2v) is 10.5. The molecule has 1 aromatic carbocycles. The van der Waals surface area contributed by atoms with Crippen LogP contribution in [0.2, 0.25) is 0 Å². The van der Waals surface area contributed by atoms with Gasteiger partial charge < -0.3 is 4.74 Å². The average Bonchev–Trinajstić information content (AvgIpc) is 3.39. The first-order valence-corrected chi connectivity index (χ1v) is 14.5. The molecule has 2 aromatic rings. The number of hydrogen-bond donors (Lipinski definition) is 0. The number of aromatic nitrogens is 2. The lowest BCUT2D eigenvalue weighted by Gasteiger charge is -2.09. The van der Waals surface area contributed by atoms with E-state index in [4.69, 9.17) is 4.74 Å². The van der Waals surface area contributed by atoms with Crippen LogP contribution in [-0.4, -0.2) is 16.6 Å². The summed E-state index contributed by atoms with van der Waals surface area (Å²) in [5, 5.41) is 0. The van der Waals surface area contributed by atoms with Gasteiger partial charge >= 0.3 is 0 Å². The molecule has 4 heteroatoms. The number of halogens is 1. The van der Waals surface area contributed by atoms with Crippen molar-refractivity contribution in [2.24, 2.45) is 5.92 Å². The molecule has 0 spiro atoms. The topological polar surface area (TPSA) is 35.0 Å². The molecule has 194 valence electrons. The van der Waals surface area contributed by atoms with E-state index in [0.717, 1.165) is 30.7 Å². The predicted octanol–water partition coefficient (Wildman–Crippen LogP) is 9.49. The van der Waals surface area contributed by atoms with Crippen LogP contribution in [0.5, 0.6) is 5.75 Å². The number of aryl methyl sites for hydroxylation is 1. The predicted molar refractivity (Wildman–Crippen MR) is 144 cm³/mol. The first-order valence-electron chi connectivity index (χ1n) is 14.5. The Morgan fingerprint density at radius 3 is 2.20 bits per heavy atom. The highest BCUT2D eigenvalue weighted by atomic mass is 19.1. The zero-order valence-corrected chi connectivity index (χ0v) is 22.1. The van der Waals surface area contributed by atoms with E-state index in [2.05, 4.69) is 16.9 Å². The zero-order valence-electron chi connectivity index (χ0n) is 22.1. The largest absolute Gasteiger partial charge is 0.493 e. The van der Waals surface area contributed by atoms with Crippen molar-refractivity contribution in [2.75, 3.05) is 6.61 Å². The quantitative estimate of drug-likeness (QED) is 0.198. The lowest BCUT2D eigenvalue weighted by atomic mass is 9.99. The second-order valence-electron chi connectivity index (χ2n) is 10.5. The van der Waals surface area contributed by atoms with Crippen molar-refractivity contribution >= 4 is 0 Å². The average molecular weight is 483 g/mol. The van der Waals surface area contributed by atoms with Crippen LogP contribution < -0.4 is 4.74 Å². The first-order chi connectivity index (χ1) is 17.3. The summed E-state index contributed by atoms with van der Waals surface area (Å²) in [7, 11) is 0. The molecule has 1 fully saturated rings. The highest BCUT2D eigenvalue weighted by molar-refractivity contribution is 5.57. The van der Waals surface area contributed by atoms with Crippen molar-refractivity contribution in [3.05, 3.63) is 42.0 Å². The number of unbranched alkanes of at least 4 members (excludes halogenated alkanes) is 10. The van der Waals surface area contributed by atoms with Gasteiger partial charge in [0.2, 0.25) is 0 Å². The number of benzene rings is 1. The first kappa shape index (κ1) is 27.6. The van der Waals surface area contributed by atoms with Gasteiger partial charge in [-0.15, -0.1) is 0 Å². The van der Waals surface area contributed by atoms with E-state index in [9.17, 15) is 4.39 Å². The van der Waals surface area contributed by atoms with Crippen molar-refractivity contribution in [3.8, 4) is 17.1 Å². The van der Waals surface area contributed by atoms with Crippen LogP contribution in [0.15, 0.2) is 30.6 Å². The third kappa shape index (κ3) is 10.7. The van der Waals surface area contributed by atoms with E-state index in [0.29, 0.717) is 23.7 Å². The summed E-state index contributed by atoms with van der Waals surface area (Å²) in [5.41, 5.74) is 1.56. The van der Waals surface area contributed by atoms with Gasteiger partial charge in [-0.2, -0.15) is 0 Å². The molecule has 1 saturated carbocycles. The van der Waals surface area contributed by atoms with Crippen molar-refractivity contribution in [1.82, 2.24) is 9.97 Å². The van der Waals surface area contributed by atoms with Gasteiger partial charge in [0.15, 0.2) is 5.82 Å². The molecule has 35 heavy (non-hydrogen) atoms. The maximum atomic E-state index is 14.7. The summed E-state index contributed by atoms with van der Waals surface area (Å²) in [4.78, 5) is 8.85. The van der Waals surface area contributed by atoms with Crippen LogP contribution in [0, 0.1) is 11.7 Å². The van der Waals surface area contributed by atoms with Crippen LogP contribution in [-0.2, 0) is 6.42 Å². The Hall–Kier alpha value is -1.97. The van der Waals surface area contributed by atoms with E-state index in [1.807, 2.05) is 18.5 Å². The molecular formula is C31H47FN2O. The number of hydrogen-bond acceptors (Lipinski definition) is 3. The van der Waals surface area contributed by atoms with Gasteiger partial charge in [0.25, 0.3) is 0 Å². The monoisotopic (exact) mass is 482 g/mol. The lowest BCUT2D eigenvalue weighted by Crippen LogP contribution is -1.99. The molecule has 1 aliphatic rings. The lowest BCUT2D eigenvalue weighted by molar-refractivity contribution is 0.302. The molecule has 0 saturated heterocycles. The maximum absolute atomic E-state index is 14.7. The fourth-order valence-electron chi connectivity index (χ4n) is 5.23. The van der Waals surface area contributed by atoms with Crippen LogP contribution in [0.1, 0.15) is 122 Å². The van der Waals surface area contributed by atoms with Crippen LogP contribution in [0.25, 0.3) is 11.4 Å². The van der Waals surface area contributed by atoms with Crippen molar-refractivity contribution in [1.29, 1.82) is 0 Å². The minimum atomic E-state index is -0.325. The van der Waals surface area contributed by atoms with Gasteiger partial charge in [0, 0.05) is 18.5 Å². The Kier molecular flexibility index (Phi) is 13.1. The Bertz CT molecular complexity index is 817. The summed E-state index contributed by atoms with van der Waals surface area (Å²) in [6.45, 7) is 2.89. The highest BCUT2D eigenvalue weighted by Gasteiger charge is 2.14. The molecule has 1 heterocycles. The molecule has 1 aliphatic carbocycles. The SMILES string of the molecule is CCCCCCCCCc1cnc(-c2ccc(OCCCCCCCC3CCCC3)cc2F)nc1. The molecule has 3 rings (SSSR count). The summed E-state index contributed by atoms with van der Waals surface area (Å²) in [6, 6.07) is 5.03. The fraction of sp³-hybridized carbons (Fsp3) is 0.677. The molecule has 0 N–H and O–H groups in total.